The van der Waals surface area contributed by atoms with Crippen molar-refractivity contribution >= 4 is 23.8 Å². The maximum absolute atomic E-state index is 13.7. The zero-order valence-corrected chi connectivity index (χ0v) is 26.4. The lowest BCUT2D eigenvalue weighted by atomic mass is 9.72. The molecule has 0 spiro atoms. The topological polar surface area (TPSA) is 128 Å². The Balaban J connectivity index is 1.42. The molecule has 5 rings (SSSR count). The summed E-state index contributed by atoms with van der Waals surface area (Å²) in [6.07, 6.45) is 4.55. The zero-order chi connectivity index (χ0) is 32.8. The highest BCUT2D eigenvalue weighted by atomic mass is 16.5. The normalized spacial score (nSPS) is 20.3. The van der Waals surface area contributed by atoms with Gasteiger partial charge in [-0.3, -0.25) is 33.5 Å². The fraction of sp³-hybridized carbons (Fsp3) is 0.429. The first-order chi connectivity index (χ1) is 22.1. The monoisotopic (exact) mass is 628 g/mol. The highest BCUT2D eigenvalue weighted by Crippen LogP contribution is 2.41. The van der Waals surface area contributed by atoms with Crippen molar-refractivity contribution in [2.24, 2.45) is 5.41 Å². The van der Waals surface area contributed by atoms with Crippen molar-refractivity contribution in [1.29, 1.82) is 0 Å². The Kier molecular flexibility index (Phi) is 10.1. The molecule has 0 N–H and O–H groups in total. The number of benzene rings is 2. The smallest absolute Gasteiger partial charge is 0.338 e. The van der Waals surface area contributed by atoms with E-state index in [1.54, 1.807) is 37.3 Å². The molecule has 2 heterocycles. The third-order valence-corrected chi connectivity index (χ3v) is 9.00. The van der Waals surface area contributed by atoms with Gasteiger partial charge in [-0.1, -0.05) is 61.9 Å². The molecule has 2 aliphatic rings. The van der Waals surface area contributed by atoms with Gasteiger partial charge in [0.1, 0.15) is 6.42 Å². The number of imide groups is 2. The van der Waals surface area contributed by atoms with Gasteiger partial charge in [-0.05, 0) is 56.7 Å². The molecule has 11 heteroatoms. The van der Waals surface area contributed by atoms with Gasteiger partial charge in [-0.15, -0.1) is 0 Å². The largest absolute Gasteiger partial charge is 0.376 e. The molecule has 2 fully saturated rings. The van der Waals surface area contributed by atoms with Gasteiger partial charge >= 0.3 is 11.7 Å². The molecule has 0 atom stereocenters. The van der Waals surface area contributed by atoms with Gasteiger partial charge in [-0.2, -0.15) is 4.57 Å². The first-order valence-electron chi connectivity index (χ1n) is 15.8. The quantitative estimate of drug-likeness (QED) is 0.292. The number of nitrogens with zero attached hydrogens (tertiary/aromatic N) is 4. The van der Waals surface area contributed by atoms with E-state index < -0.39 is 46.5 Å². The highest BCUT2D eigenvalue weighted by Gasteiger charge is 2.45. The maximum atomic E-state index is 13.7. The minimum atomic E-state index is -0.736. The molecule has 0 radical (unpaired) electrons. The number of urea groups is 1. The fourth-order valence-electron chi connectivity index (χ4n) is 6.43. The molecule has 0 unspecified atom stereocenters. The minimum Gasteiger partial charge on any atom is -0.376 e. The van der Waals surface area contributed by atoms with E-state index in [4.69, 9.17) is 4.74 Å². The maximum Gasteiger partial charge on any atom is 0.338 e. The van der Waals surface area contributed by atoms with Gasteiger partial charge in [0.15, 0.2) is 0 Å². The van der Waals surface area contributed by atoms with Gasteiger partial charge in [0.2, 0.25) is 11.8 Å². The molecule has 3 aromatic rings. The van der Waals surface area contributed by atoms with E-state index in [1.807, 2.05) is 37.3 Å². The number of aryl methyl sites for hydroxylation is 1. The van der Waals surface area contributed by atoms with Crippen molar-refractivity contribution in [3.05, 3.63) is 104 Å². The van der Waals surface area contributed by atoms with Crippen LogP contribution in [0.2, 0.25) is 0 Å². The Labute approximate surface area is 267 Å². The Morgan fingerprint density at radius 3 is 2.22 bits per heavy atom. The summed E-state index contributed by atoms with van der Waals surface area (Å²) < 4.78 is 8.31. The van der Waals surface area contributed by atoms with Gasteiger partial charge in [-0.25, -0.2) is 9.59 Å². The Morgan fingerprint density at radius 1 is 0.913 bits per heavy atom. The average molecular weight is 629 g/mol. The van der Waals surface area contributed by atoms with Crippen LogP contribution in [0.25, 0.3) is 0 Å². The molecule has 4 amide bonds. The number of amides is 4. The van der Waals surface area contributed by atoms with E-state index in [-0.39, 0.29) is 37.2 Å². The van der Waals surface area contributed by atoms with Crippen LogP contribution >= 0.6 is 0 Å². The minimum absolute atomic E-state index is 0.166. The van der Waals surface area contributed by atoms with Gasteiger partial charge in [0, 0.05) is 41.9 Å². The number of aromatic nitrogens is 2. The van der Waals surface area contributed by atoms with Crippen molar-refractivity contribution in [1.82, 2.24) is 18.9 Å². The second-order valence-corrected chi connectivity index (χ2v) is 12.4. The Bertz CT molecular complexity index is 1710. The molecule has 2 aromatic carbocycles. The molecule has 0 bridgehead atoms. The summed E-state index contributed by atoms with van der Waals surface area (Å²) in [7, 11) is 0. The second-order valence-electron chi connectivity index (χ2n) is 12.4. The van der Waals surface area contributed by atoms with E-state index in [2.05, 4.69) is 0 Å². The lowest BCUT2D eigenvalue weighted by Crippen LogP contribution is -2.59. The predicted molar refractivity (Wildman–Crippen MR) is 170 cm³/mol. The molecule has 1 saturated carbocycles. The predicted octanol–water partition coefficient (Wildman–Crippen LogP) is 4.13. The van der Waals surface area contributed by atoms with Gasteiger partial charge in [0.25, 0.3) is 11.5 Å². The van der Waals surface area contributed by atoms with Crippen LogP contribution in [-0.2, 0) is 27.5 Å². The van der Waals surface area contributed by atoms with Crippen LogP contribution in [0.1, 0.15) is 73.4 Å². The van der Waals surface area contributed by atoms with Crippen molar-refractivity contribution in [2.45, 2.75) is 78.0 Å². The number of rotatable bonds is 11. The van der Waals surface area contributed by atoms with Gasteiger partial charge in [0.05, 0.1) is 13.2 Å². The highest BCUT2D eigenvalue weighted by molar-refractivity contribution is 6.14. The summed E-state index contributed by atoms with van der Waals surface area (Å²) in [6.45, 7) is 4.61. The summed E-state index contributed by atoms with van der Waals surface area (Å²) in [5, 5.41) is 0. The SMILES string of the molecule is CCCCN1C(=O)CC(=O)N(C2CCC(COCc3ccccc3)(Cn3cc(C)c(=O)n(C(=O)c4ccccc4)c3=O)CC2)C1=O. The van der Waals surface area contributed by atoms with Gasteiger partial charge < -0.3 is 4.74 Å². The third-order valence-electron chi connectivity index (χ3n) is 9.00. The standard InChI is InChI=1S/C35H40N4O7/c1-3-4-19-37-29(40)20-30(41)38(34(37)45)28-15-17-35(18-16-28,24-46-22-26-11-7-5-8-12-26)23-36-21-25(2)31(42)39(33(36)44)32(43)27-13-9-6-10-14-27/h5-14,21,28H,3-4,15-20,22-24H2,1-2H3. The summed E-state index contributed by atoms with van der Waals surface area (Å²) in [6, 6.07) is 16.9. The Morgan fingerprint density at radius 2 is 1.57 bits per heavy atom. The van der Waals surface area contributed by atoms with Crippen LogP contribution in [-0.4, -0.2) is 61.9 Å². The number of hydrogen-bond donors (Lipinski definition) is 0. The summed E-state index contributed by atoms with van der Waals surface area (Å²) in [5.41, 5.74) is -0.540. The average Bonchev–Trinajstić information content (AvgIpc) is 3.05. The molecule has 46 heavy (non-hydrogen) atoms. The Hall–Kier alpha value is -4.64. The first-order valence-corrected chi connectivity index (χ1v) is 15.8. The lowest BCUT2D eigenvalue weighted by molar-refractivity contribution is -0.145. The number of ether oxygens (including phenoxy) is 1. The van der Waals surface area contributed by atoms with E-state index in [1.165, 1.54) is 20.6 Å². The van der Waals surface area contributed by atoms with Crippen molar-refractivity contribution < 1.29 is 23.9 Å². The van der Waals surface area contributed by atoms with Crippen LogP contribution in [0.15, 0.2) is 76.4 Å². The molecule has 242 valence electrons. The van der Waals surface area contributed by atoms with Crippen LogP contribution in [0.3, 0.4) is 0 Å². The molecule has 1 saturated heterocycles. The van der Waals surface area contributed by atoms with Crippen molar-refractivity contribution in [2.75, 3.05) is 13.2 Å². The lowest BCUT2D eigenvalue weighted by Gasteiger charge is -2.45. The molecule has 1 aliphatic heterocycles. The number of barbiturate groups is 1. The molecule has 1 aliphatic carbocycles. The van der Waals surface area contributed by atoms with Crippen LogP contribution in [0.4, 0.5) is 4.79 Å². The summed E-state index contributed by atoms with van der Waals surface area (Å²) in [4.78, 5) is 81.4. The summed E-state index contributed by atoms with van der Waals surface area (Å²) >= 11 is 0. The number of carbonyl (C=O) groups excluding carboxylic acids is 4. The third kappa shape index (κ3) is 6.94. The van der Waals surface area contributed by atoms with E-state index in [9.17, 15) is 28.8 Å². The number of carbonyl (C=O) groups is 4. The van der Waals surface area contributed by atoms with E-state index in [0.717, 1.165) is 12.0 Å². The zero-order valence-electron chi connectivity index (χ0n) is 26.4. The van der Waals surface area contributed by atoms with Crippen LogP contribution in [0, 0.1) is 12.3 Å². The molecule has 11 nitrogen and oxygen atoms in total. The van der Waals surface area contributed by atoms with E-state index in [0.29, 0.717) is 43.3 Å². The van der Waals surface area contributed by atoms with Crippen LogP contribution in [0.5, 0.6) is 0 Å². The number of unbranched alkanes of at least 4 members (excludes halogenated alkanes) is 1. The number of hydrogen-bond acceptors (Lipinski definition) is 7. The molecular formula is C35H40N4O7. The fourth-order valence-corrected chi connectivity index (χ4v) is 6.43. The summed E-state index contributed by atoms with van der Waals surface area (Å²) in [5.74, 6) is -1.65. The first kappa shape index (κ1) is 32.7. The van der Waals surface area contributed by atoms with Crippen LogP contribution < -0.4 is 11.2 Å². The molecule has 1 aromatic heterocycles. The van der Waals surface area contributed by atoms with Crippen molar-refractivity contribution in [3.8, 4) is 0 Å². The molecular weight excluding hydrogens is 588 g/mol. The van der Waals surface area contributed by atoms with E-state index >= 15 is 0 Å². The van der Waals surface area contributed by atoms with Crippen molar-refractivity contribution in [3.63, 3.8) is 0 Å². The second kappa shape index (κ2) is 14.2.